The summed E-state index contributed by atoms with van der Waals surface area (Å²) < 4.78 is 0. The van der Waals surface area contributed by atoms with Gasteiger partial charge < -0.3 is 10.4 Å². The van der Waals surface area contributed by atoms with E-state index >= 15 is 0 Å². The average molecular weight is 207 g/mol. The van der Waals surface area contributed by atoms with Gasteiger partial charge in [-0.2, -0.15) is 0 Å². The van der Waals surface area contributed by atoms with E-state index < -0.39 is 6.09 Å². The molecule has 3 nitrogen and oxygen atoms in total. The van der Waals surface area contributed by atoms with Crippen molar-refractivity contribution in [1.82, 2.24) is 5.32 Å². The first-order valence-corrected chi connectivity index (χ1v) is 5.28. The predicted octanol–water partition coefficient (Wildman–Crippen LogP) is 3.19. The smallest absolute Gasteiger partial charge is 0.405 e. The van der Waals surface area contributed by atoms with Crippen LogP contribution >= 0.6 is 0 Å². The average Bonchev–Trinajstić information content (AvgIpc) is 2.25. The number of amides is 1. The zero-order valence-corrected chi connectivity index (χ0v) is 8.94. The Morgan fingerprint density at radius 2 is 2.07 bits per heavy atom. The molecule has 15 heavy (non-hydrogen) atoms. The Bertz CT molecular complexity index is 298. The molecule has 1 aromatic carbocycles. The van der Waals surface area contributed by atoms with E-state index in [4.69, 9.17) is 5.11 Å². The Hall–Kier alpha value is -1.51. The summed E-state index contributed by atoms with van der Waals surface area (Å²) in [5, 5.41) is 11.3. The lowest BCUT2D eigenvalue weighted by atomic mass is 10.0. The lowest BCUT2D eigenvalue weighted by Gasteiger charge is -2.16. The van der Waals surface area contributed by atoms with Gasteiger partial charge in [0, 0.05) is 0 Å². The predicted molar refractivity (Wildman–Crippen MR) is 59.9 cm³/mol. The Balaban J connectivity index is 2.67. The number of nitrogens with one attached hydrogen (secondary N) is 1. The third kappa shape index (κ3) is 4.02. The molecule has 0 radical (unpaired) electrons. The largest absolute Gasteiger partial charge is 0.465 e. The first kappa shape index (κ1) is 11.6. The highest BCUT2D eigenvalue weighted by atomic mass is 16.4. The maximum absolute atomic E-state index is 10.6. The molecule has 0 heterocycles. The third-order valence-corrected chi connectivity index (χ3v) is 2.35. The molecule has 0 bridgehead atoms. The van der Waals surface area contributed by atoms with Crippen LogP contribution < -0.4 is 5.32 Å². The van der Waals surface area contributed by atoms with Crippen molar-refractivity contribution in [1.29, 1.82) is 0 Å². The van der Waals surface area contributed by atoms with Gasteiger partial charge in [0.05, 0.1) is 6.04 Å². The number of hydrogen-bond acceptors (Lipinski definition) is 1. The maximum atomic E-state index is 10.6. The Labute approximate surface area is 90.1 Å². The van der Waals surface area contributed by atoms with E-state index in [-0.39, 0.29) is 6.04 Å². The van der Waals surface area contributed by atoms with Crippen molar-refractivity contribution in [2.24, 2.45) is 0 Å². The van der Waals surface area contributed by atoms with E-state index in [1.54, 1.807) is 0 Å². The van der Waals surface area contributed by atoms with Crippen LogP contribution in [-0.4, -0.2) is 11.2 Å². The van der Waals surface area contributed by atoms with Crippen LogP contribution in [-0.2, 0) is 0 Å². The van der Waals surface area contributed by atoms with Crippen LogP contribution in [0.2, 0.25) is 0 Å². The molecule has 0 fully saturated rings. The zero-order valence-electron chi connectivity index (χ0n) is 8.94. The summed E-state index contributed by atoms with van der Waals surface area (Å²) >= 11 is 0. The van der Waals surface area contributed by atoms with Crippen molar-refractivity contribution in [2.75, 3.05) is 0 Å². The molecule has 1 aromatic rings. The van der Waals surface area contributed by atoms with Crippen LogP contribution in [0.5, 0.6) is 0 Å². The summed E-state index contributed by atoms with van der Waals surface area (Å²) in [6.07, 6.45) is 2.00. The van der Waals surface area contributed by atoms with Crippen LogP contribution in [0.3, 0.4) is 0 Å². The minimum absolute atomic E-state index is 0.0800. The van der Waals surface area contributed by atoms with Gasteiger partial charge in [-0.15, -0.1) is 0 Å². The van der Waals surface area contributed by atoms with Crippen molar-refractivity contribution in [3.8, 4) is 0 Å². The molecule has 0 aliphatic rings. The molecular formula is C12H17NO2. The Morgan fingerprint density at radius 1 is 1.40 bits per heavy atom. The van der Waals surface area contributed by atoms with Crippen molar-refractivity contribution >= 4 is 6.09 Å². The second kappa shape index (κ2) is 6.06. The first-order valence-electron chi connectivity index (χ1n) is 5.28. The molecule has 3 heteroatoms. The van der Waals surface area contributed by atoms with Gasteiger partial charge >= 0.3 is 6.09 Å². The Kier molecular flexibility index (Phi) is 4.68. The molecule has 82 valence electrons. The monoisotopic (exact) mass is 207 g/mol. The van der Waals surface area contributed by atoms with Crippen molar-refractivity contribution in [3.63, 3.8) is 0 Å². The second-order valence-electron chi connectivity index (χ2n) is 3.55. The molecule has 1 unspecified atom stereocenters. The second-order valence-corrected chi connectivity index (χ2v) is 3.55. The van der Waals surface area contributed by atoms with Gasteiger partial charge in [-0.1, -0.05) is 50.1 Å². The number of carbonyl (C=O) groups is 1. The summed E-state index contributed by atoms with van der Waals surface area (Å²) in [7, 11) is 0. The number of hydrogen-bond donors (Lipinski definition) is 2. The molecule has 2 N–H and O–H groups in total. The lowest BCUT2D eigenvalue weighted by molar-refractivity contribution is 0.189. The highest BCUT2D eigenvalue weighted by Crippen LogP contribution is 2.18. The van der Waals surface area contributed by atoms with Crippen LogP contribution in [0, 0.1) is 0 Å². The SMILES string of the molecule is CCCCC(NC(=O)O)c1ccccc1. The van der Waals surface area contributed by atoms with Crippen molar-refractivity contribution < 1.29 is 9.90 Å². The molecule has 0 saturated heterocycles. The fraction of sp³-hybridized carbons (Fsp3) is 0.417. The Morgan fingerprint density at radius 3 is 2.60 bits per heavy atom. The summed E-state index contributed by atoms with van der Waals surface area (Å²) in [5.41, 5.74) is 1.04. The zero-order chi connectivity index (χ0) is 11.1. The van der Waals surface area contributed by atoms with Gasteiger partial charge in [0.1, 0.15) is 0 Å². The van der Waals surface area contributed by atoms with Crippen LogP contribution in [0.4, 0.5) is 4.79 Å². The summed E-state index contributed by atoms with van der Waals surface area (Å²) in [5.74, 6) is 0. The minimum atomic E-state index is -0.958. The molecule has 0 saturated carbocycles. The highest BCUT2D eigenvalue weighted by molar-refractivity contribution is 5.65. The van der Waals surface area contributed by atoms with E-state index in [2.05, 4.69) is 12.2 Å². The molecule has 0 aliphatic carbocycles. The summed E-state index contributed by atoms with van der Waals surface area (Å²) in [6, 6.07) is 9.62. The molecule has 0 aromatic heterocycles. The van der Waals surface area contributed by atoms with Crippen LogP contribution in [0.15, 0.2) is 30.3 Å². The van der Waals surface area contributed by atoms with Crippen LogP contribution in [0.25, 0.3) is 0 Å². The third-order valence-electron chi connectivity index (χ3n) is 2.35. The van der Waals surface area contributed by atoms with Crippen molar-refractivity contribution in [3.05, 3.63) is 35.9 Å². The molecular weight excluding hydrogens is 190 g/mol. The summed E-state index contributed by atoms with van der Waals surface area (Å²) in [4.78, 5) is 10.6. The molecule has 1 atom stereocenters. The topological polar surface area (TPSA) is 49.3 Å². The van der Waals surface area contributed by atoms with Gasteiger partial charge in [0.25, 0.3) is 0 Å². The van der Waals surface area contributed by atoms with Crippen molar-refractivity contribution in [2.45, 2.75) is 32.2 Å². The number of unbranched alkanes of at least 4 members (excludes halogenated alkanes) is 1. The number of rotatable bonds is 5. The fourth-order valence-corrected chi connectivity index (χ4v) is 1.56. The quantitative estimate of drug-likeness (QED) is 0.779. The minimum Gasteiger partial charge on any atom is -0.465 e. The van der Waals surface area contributed by atoms with E-state index in [0.717, 1.165) is 24.8 Å². The standard InChI is InChI=1S/C12H17NO2/c1-2-3-9-11(13-12(14)15)10-7-5-4-6-8-10/h4-8,11,13H,2-3,9H2,1H3,(H,14,15). The maximum Gasteiger partial charge on any atom is 0.405 e. The molecule has 0 spiro atoms. The number of benzene rings is 1. The molecule has 1 rings (SSSR count). The van der Waals surface area contributed by atoms with E-state index in [1.165, 1.54) is 0 Å². The highest BCUT2D eigenvalue weighted by Gasteiger charge is 2.12. The van der Waals surface area contributed by atoms with E-state index in [1.807, 2.05) is 30.3 Å². The molecule has 0 aliphatic heterocycles. The lowest BCUT2D eigenvalue weighted by Crippen LogP contribution is -2.26. The van der Waals surface area contributed by atoms with Gasteiger partial charge in [-0.05, 0) is 12.0 Å². The fourth-order valence-electron chi connectivity index (χ4n) is 1.56. The van der Waals surface area contributed by atoms with E-state index in [9.17, 15) is 4.79 Å². The van der Waals surface area contributed by atoms with Gasteiger partial charge in [-0.3, -0.25) is 0 Å². The summed E-state index contributed by atoms with van der Waals surface area (Å²) in [6.45, 7) is 2.10. The normalized spacial score (nSPS) is 12.1. The van der Waals surface area contributed by atoms with Gasteiger partial charge in [0.2, 0.25) is 0 Å². The first-order chi connectivity index (χ1) is 7.24. The van der Waals surface area contributed by atoms with E-state index in [0.29, 0.717) is 0 Å². The molecule has 1 amide bonds. The van der Waals surface area contributed by atoms with Crippen LogP contribution in [0.1, 0.15) is 37.8 Å². The van der Waals surface area contributed by atoms with Gasteiger partial charge in [-0.25, -0.2) is 4.79 Å². The number of carboxylic acid groups (broad SMARTS) is 1. The van der Waals surface area contributed by atoms with Gasteiger partial charge in [0.15, 0.2) is 0 Å².